The van der Waals surface area contributed by atoms with Gasteiger partial charge in [0.15, 0.2) is 0 Å². The van der Waals surface area contributed by atoms with E-state index in [0.717, 1.165) is 82.6 Å². The number of halogens is 3. The van der Waals surface area contributed by atoms with Gasteiger partial charge in [-0.1, -0.05) is 0 Å². The lowest BCUT2D eigenvalue weighted by molar-refractivity contribution is -0.137. The Morgan fingerprint density at radius 1 is 1.07 bits per heavy atom. The number of carbonyl (C=O) groups excluding carboxylic acids is 1. The third kappa shape index (κ3) is 6.36. The molecule has 1 N–H and O–H groups in total. The molecule has 0 unspecified atom stereocenters. The first-order chi connectivity index (χ1) is 14.3. The van der Waals surface area contributed by atoms with Crippen molar-refractivity contribution in [3.63, 3.8) is 0 Å². The van der Waals surface area contributed by atoms with E-state index in [9.17, 15) is 18.0 Å². The van der Waals surface area contributed by atoms with E-state index < -0.39 is 11.7 Å². The van der Waals surface area contributed by atoms with Gasteiger partial charge >= 0.3 is 6.18 Å². The molecular formula is C22H29F3N4O. The summed E-state index contributed by atoms with van der Waals surface area (Å²) in [6.07, 6.45) is 0.926. The van der Waals surface area contributed by atoms with Gasteiger partial charge in [0.05, 0.1) is 11.6 Å². The smallest absolute Gasteiger partial charge is 0.369 e. The number of benzene rings is 1. The van der Waals surface area contributed by atoms with Crippen LogP contribution in [0.1, 0.15) is 44.1 Å². The van der Waals surface area contributed by atoms with Crippen LogP contribution in [-0.4, -0.2) is 49.6 Å². The molecule has 2 fully saturated rings. The van der Waals surface area contributed by atoms with Gasteiger partial charge in [-0.25, -0.2) is 0 Å². The third-order valence-corrected chi connectivity index (χ3v) is 6.24. The fraction of sp³-hybridized carbons (Fsp3) is 0.636. The Bertz CT molecular complexity index is 728. The van der Waals surface area contributed by atoms with Gasteiger partial charge < -0.3 is 10.2 Å². The summed E-state index contributed by atoms with van der Waals surface area (Å²) in [6.45, 7) is 4.52. The highest BCUT2D eigenvalue weighted by Gasteiger charge is 2.30. The molecule has 0 atom stereocenters. The van der Waals surface area contributed by atoms with Crippen LogP contribution >= 0.6 is 0 Å². The summed E-state index contributed by atoms with van der Waals surface area (Å²) in [5.74, 6) is 0.494. The number of nitrogens with zero attached hydrogens (tertiary/aromatic N) is 3. The average molecular weight is 422 g/mol. The van der Waals surface area contributed by atoms with Gasteiger partial charge in [-0.05, 0) is 68.8 Å². The molecule has 0 bridgehead atoms. The zero-order chi connectivity index (χ0) is 21.6. The van der Waals surface area contributed by atoms with E-state index in [2.05, 4.69) is 15.1 Å². The zero-order valence-electron chi connectivity index (χ0n) is 17.1. The Morgan fingerprint density at radius 2 is 1.70 bits per heavy atom. The van der Waals surface area contributed by atoms with Crippen LogP contribution in [0.2, 0.25) is 0 Å². The monoisotopic (exact) mass is 422 g/mol. The highest BCUT2D eigenvalue weighted by molar-refractivity contribution is 5.78. The van der Waals surface area contributed by atoms with E-state index in [1.165, 1.54) is 0 Å². The topological polar surface area (TPSA) is 59.4 Å². The number of hydrogen-bond donors (Lipinski definition) is 1. The molecule has 1 saturated carbocycles. The number of anilines is 1. The lowest BCUT2D eigenvalue weighted by Crippen LogP contribution is -2.47. The molecule has 1 aliphatic heterocycles. The molecule has 2 aliphatic rings. The van der Waals surface area contributed by atoms with Crippen LogP contribution in [0, 0.1) is 17.2 Å². The molecule has 0 spiro atoms. The van der Waals surface area contributed by atoms with Crippen molar-refractivity contribution in [2.24, 2.45) is 5.92 Å². The first kappa shape index (κ1) is 22.4. The number of nitrogens with one attached hydrogen (secondary N) is 1. The minimum absolute atomic E-state index is 0.0711. The molecule has 1 aromatic carbocycles. The van der Waals surface area contributed by atoms with E-state index in [1.54, 1.807) is 12.1 Å². The summed E-state index contributed by atoms with van der Waals surface area (Å²) < 4.78 is 38.1. The number of rotatable bonds is 6. The van der Waals surface area contributed by atoms with Crippen molar-refractivity contribution in [2.75, 3.05) is 37.6 Å². The second kappa shape index (κ2) is 10.2. The first-order valence-corrected chi connectivity index (χ1v) is 10.7. The predicted octanol–water partition coefficient (Wildman–Crippen LogP) is 3.81. The molecule has 1 aromatic rings. The van der Waals surface area contributed by atoms with Gasteiger partial charge in [0, 0.05) is 37.9 Å². The Morgan fingerprint density at radius 3 is 2.27 bits per heavy atom. The second-order valence-corrected chi connectivity index (χ2v) is 8.28. The fourth-order valence-electron chi connectivity index (χ4n) is 4.40. The second-order valence-electron chi connectivity index (χ2n) is 8.28. The lowest BCUT2D eigenvalue weighted by atomic mass is 9.84. The lowest BCUT2D eigenvalue weighted by Gasteiger charge is -2.37. The Labute approximate surface area is 175 Å². The number of carbonyl (C=O) groups is 1. The van der Waals surface area contributed by atoms with Crippen LogP contribution in [0.5, 0.6) is 0 Å². The van der Waals surface area contributed by atoms with Gasteiger partial charge in [0.2, 0.25) is 5.91 Å². The quantitative estimate of drug-likeness (QED) is 0.758. The summed E-state index contributed by atoms with van der Waals surface area (Å²) in [5.41, 5.74) is 0.239. The molecular weight excluding hydrogens is 393 g/mol. The molecule has 1 amide bonds. The highest BCUT2D eigenvalue weighted by atomic mass is 19.4. The summed E-state index contributed by atoms with van der Waals surface area (Å²) >= 11 is 0. The van der Waals surface area contributed by atoms with E-state index in [0.29, 0.717) is 5.92 Å². The molecule has 3 rings (SSSR count). The minimum Gasteiger partial charge on any atom is -0.369 e. The molecule has 0 radical (unpaired) electrons. The molecule has 30 heavy (non-hydrogen) atoms. The van der Waals surface area contributed by atoms with Crippen molar-refractivity contribution >= 4 is 11.6 Å². The van der Waals surface area contributed by atoms with E-state index in [1.807, 2.05) is 6.07 Å². The maximum atomic E-state index is 12.7. The van der Waals surface area contributed by atoms with E-state index >= 15 is 0 Å². The number of alkyl halides is 3. The molecule has 1 saturated heterocycles. The highest BCUT2D eigenvalue weighted by Crippen LogP contribution is 2.31. The van der Waals surface area contributed by atoms with Crippen LogP contribution in [0.3, 0.4) is 0 Å². The predicted molar refractivity (Wildman–Crippen MR) is 109 cm³/mol. The van der Waals surface area contributed by atoms with Crippen molar-refractivity contribution in [1.82, 2.24) is 10.2 Å². The maximum absolute atomic E-state index is 12.7. The number of nitriles is 1. The van der Waals surface area contributed by atoms with Crippen LogP contribution in [0.25, 0.3) is 0 Å². The minimum atomic E-state index is -4.29. The Hall–Kier alpha value is -2.27. The molecule has 8 heteroatoms. The van der Waals surface area contributed by atoms with Crippen LogP contribution < -0.4 is 10.2 Å². The third-order valence-electron chi connectivity index (χ3n) is 6.24. The van der Waals surface area contributed by atoms with Crippen LogP contribution in [0.4, 0.5) is 18.9 Å². The molecule has 0 aromatic heterocycles. The van der Waals surface area contributed by atoms with Gasteiger partial charge in [-0.2, -0.15) is 18.4 Å². The summed E-state index contributed by atoms with van der Waals surface area (Å²) in [5, 5.41) is 11.5. The molecule has 1 aliphatic carbocycles. The zero-order valence-corrected chi connectivity index (χ0v) is 17.1. The SMILES string of the molecule is N#CCC(=O)NC1CCC(CCN2CCN(c3ccc(C(F)(F)F)cc3)CC2)CC1. The first-order valence-electron chi connectivity index (χ1n) is 10.7. The normalized spacial score (nSPS) is 23.1. The Balaban J connectivity index is 1.35. The summed E-state index contributed by atoms with van der Waals surface area (Å²) in [6, 6.07) is 7.51. The van der Waals surface area contributed by atoms with E-state index in [4.69, 9.17) is 5.26 Å². The Kier molecular flexibility index (Phi) is 7.59. The van der Waals surface area contributed by atoms with Crippen molar-refractivity contribution in [1.29, 1.82) is 5.26 Å². The van der Waals surface area contributed by atoms with Gasteiger partial charge in [0.25, 0.3) is 0 Å². The van der Waals surface area contributed by atoms with Crippen LogP contribution in [-0.2, 0) is 11.0 Å². The average Bonchev–Trinajstić information content (AvgIpc) is 2.73. The van der Waals surface area contributed by atoms with Gasteiger partial charge in [0.1, 0.15) is 6.42 Å². The molecule has 5 nitrogen and oxygen atoms in total. The van der Waals surface area contributed by atoms with E-state index in [-0.39, 0.29) is 18.4 Å². The van der Waals surface area contributed by atoms with Crippen LogP contribution in [0.15, 0.2) is 24.3 Å². The number of piperazine rings is 1. The standard InChI is InChI=1S/C22H29F3N4O/c23-22(24,25)18-3-7-20(8-4-18)29-15-13-28(14-16-29)12-10-17-1-5-19(6-2-17)27-21(30)9-11-26/h3-4,7-8,17,19H,1-2,5-6,9-10,12-16H2,(H,27,30). The molecule has 1 heterocycles. The fourth-order valence-corrected chi connectivity index (χ4v) is 4.40. The van der Waals surface area contributed by atoms with Crippen molar-refractivity contribution in [3.8, 4) is 6.07 Å². The van der Waals surface area contributed by atoms with Crippen molar-refractivity contribution < 1.29 is 18.0 Å². The molecule has 164 valence electrons. The number of hydrogen-bond acceptors (Lipinski definition) is 4. The number of amides is 1. The van der Waals surface area contributed by atoms with Gasteiger partial charge in [-0.15, -0.1) is 0 Å². The summed E-state index contributed by atoms with van der Waals surface area (Å²) in [7, 11) is 0. The van der Waals surface area contributed by atoms with Crippen molar-refractivity contribution in [2.45, 2.75) is 50.7 Å². The van der Waals surface area contributed by atoms with Gasteiger partial charge in [-0.3, -0.25) is 9.69 Å². The largest absolute Gasteiger partial charge is 0.416 e. The van der Waals surface area contributed by atoms with Crippen molar-refractivity contribution in [3.05, 3.63) is 29.8 Å². The summed E-state index contributed by atoms with van der Waals surface area (Å²) in [4.78, 5) is 16.1. The maximum Gasteiger partial charge on any atom is 0.416 e.